The predicted molar refractivity (Wildman–Crippen MR) is 134 cm³/mol. The van der Waals surface area contributed by atoms with Gasteiger partial charge in [-0.05, 0) is 39.8 Å². The molecule has 0 unspecified atom stereocenters. The normalized spacial score (nSPS) is 9.83. The van der Waals surface area contributed by atoms with E-state index in [1.165, 1.54) is 26.2 Å². The van der Waals surface area contributed by atoms with Gasteiger partial charge in [-0.1, -0.05) is 37.4 Å². The van der Waals surface area contributed by atoms with Crippen LogP contribution in [-0.2, 0) is 42.9 Å². The molecular weight excluding hydrogens is 492 g/mol. The highest BCUT2D eigenvalue weighted by molar-refractivity contribution is 7.86. The molecule has 0 bridgehead atoms. The van der Waals surface area contributed by atoms with Crippen LogP contribution in [0.2, 0.25) is 0 Å². The summed E-state index contributed by atoms with van der Waals surface area (Å²) in [5, 5.41) is 8.30. The summed E-state index contributed by atoms with van der Waals surface area (Å²) in [6.07, 6.45) is 0.485. The Labute approximate surface area is 213 Å². The van der Waals surface area contributed by atoms with Crippen molar-refractivity contribution in [2.75, 3.05) is 33.5 Å². The van der Waals surface area contributed by atoms with Gasteiger partial charge in [-0.2, -0.15) is 8.42 Å². The fourth-order valence-corrected chi connectivity index (χ4v) is 2.59. The molecule has 0 aliphatic carbocycles. The monoisotopic (exact) mass is 528 g/mol. The van der Waals surface area contributed by atoms with Crippen molar-refractivity contribution in [2.45, 2.75) is 39.0 Å². The molecule has 0 radical (unpaired) electrons. The highest BCUT2D eigenvalue weighted by atomic mass is 32.2. The third-order valence-electron chi connectivity index (χ3n) is 3.63. The molecule has 0 aromatic heterocycles. The van der Waals surface area contributed by atoms with Crippen LogP contribution in [0.1, 0.15) is 32.8 Å². The molecule has 0 fully saturated rings. The number of carbonyl (C=O) groups excluding carboxylic acids is 3. The van der Waals surface area contributed by atoms with Crippen molar-refractivity contribution >= 4 is 28.0 Å². The van der Waals surface area contributed by atoms with Gasteiger partial charge in [-0.3, -0.25) is 4.18 Å². The molecule has 36 heavy (non-hydrogen) atoms. The molecule has 0 saturated carbocycles. The maximum absolute atomic E-state index is 11.7. The second-order valence-electron chi connectivity index (χ2n) is 7.27. The zero-order valence-corrected chi connectivity index (χ0v) is 22.3. The van der Waals surface area contributed by atoms with E-state index in [4.69, 9.17) is 14.0 Å². The number of rotatable bonds is 11. The standard InChI is InChI=1S/C13H16O5S.C7H12O3.C5H8O2/c1-10(2)13(14)17-8-9-18-19(15,16)12-6-4-11(3)5-7-12;1-6(2)7(9)10-5-3-4-8;1-4(2)5(6)7-3/h4-7H,1,8-9H2,2-3H3;8H,1,3-5H2,2H3;1H2,2-3H3. The smallest absolute Gasteiger partial charge is 0.333 e. The van der Waals surface area contributed by atoms with Crippen molar-refractivity contribution in [1.29, 1.82) is 0 Å². The van der Waals surface area contributed by atoms with Crippen molar-refractivity contribution in [2.24, 2.45) is 0 Å². The van der Waals surface area contributed by atoms with Crippen LogP contribution in [0, 0.1) is 6.92 Å². The molecule has 0 aliphatic heterocycles. The Balaban J connectivity index is 0. The number of ether oxygens (including phenoxy) is 3. The number of benzene rings is 1. The summed E-state index contributed by atoms with van der Waals surface area (Å²) in [5.74, 6) is -1.32. The van der Waals surface area contributed by atoms with Crippen LogP contribution in [0.15, 0.2) is 65.6 Å². The number of aliphatic hydroxyl groups excluding tert-OH is 1. The molecule has 1 aromatic rings. The minimum absolute atomic E-state index is 0.0451. The highest BCUT2D eigenvalue weighted by Crippen LogP contribution is 2.13. The van der Waals surface area contributed by atoms with Gasteiger partial charge in [0.05, 0.1) is 18.6 Å². The lowest BCUT2D eigenvalue weighted by molar-refractivity contribution is -0.140. The molecule has 0 aliphatic rings. The average Bonchev–Trinajstić information content (AvgIpc) is 2.82. The zero-order valence-electron chi connectivity index (χ0n) is 21.5. The van der Waals surface area contributed by atoms with Gasteiger partial charge in [0.1, 0.15) is 13.2 Å². The van der Waals surface area contributed by atoms with E-state index in [-0.39, 0.29) is 42.9 Å². The molecule has 1 rings (SSSR count). The largest absolute Gasteiger partial charge is 0.466 e. The van der Waals surface area contributed by atoms with Crippen molar-refractivity contribution in [1.82, 2.24) is 0 Å². The van der Waals surface area contributed by atoms with Crippen LogP contribution in [0.4, 0.5) is 0 Å². The summed E-state index contributed by atoms with van der Waals surface area (Å²) in [7, 11) is -2.48. The Morgan fingerprint density at radius 3 is 1.61 bits per heavy atom. The van der Waals surface area contributed by atoms with Crippen molar-refractivity contribution < 1.29 is 46.3 Å². The molecular formula is C25H36O10S. The molecule has 1 aromatic carbocycles. The number of hydrogen-bond acceptors (Lipinski definition) is 10. The Hall–Kier alpha value is -3.28. The van der Waals surface area contributed by atoms with Crippen LogP contribution >= 0.6 is 0 Å². The number of methoxy groups -OCH3 is 1. The lowest BCUT2D eigenvalue weighted by Gasteiger charge is -2.07. The quantitative estimate of drug-likeness (QED) is 0.150. The molecule has 10 nitrogen and oxygen atoms in total. The first-order valence-electron chi connectivity index (χ1n) is 10.7. The minimum atomic E-state index is -3.81. The Morgan fingerprint density at radius 1 is 0.806 bits per heavy atom. The highest BCUT2D eigenvalue weighted by Gasteiger charge is 2.15. The van der Waals surface area contributed by atoms with Gasteiger partial charge in [0.25, 0.3) is 10.1 Å². The molecule has 11 heteroatoms. The first-order valence-corrected chi connectivity index (χ1v) is 12.1. The van der Waals surface area contributed by atoms with Gasteiger partial charge >= 0.3 is 17.9 Å². The van der Waals surface area contributed by atoms with E-state index in [0.29, 0.717) is 17.6 Å². The summed E-state index contributed by atoms with van der Waals surface area (Å²) in [6, 6.07) is 6.28. The summed E-state index contributed by atoms with van der Waals surface area (Å²) in [5.41, 5.74) is 2.02. The number of esters is 3. The van der Waals surface area contributed by atoms with Crippen LogP contribution < -0.4 is 0 Å². The number of aryl methyl sites for hydroxylation is 1. The molecule has 0 heterocycles. The molecule has 0 spiro atoms. The second kappa shape index (κ2) is 19.0. The van der Waals surface area contributed by atoms with Crippen LogP contribution in [0.3, 0.4) is 0 Å². The van der Waals surface area contributed by atoms with E-state index >= 15 is 0 Å². The SMILES string of the molecule is C=C(C)C(=O)OC.C=C(C)C(=O)OCCCO.C=C(C)C(=O)OCCOS(=O)(=O)c1ccc(C)cc1. The van der Waals surface area contributed by atoms with E-state index in [2.05, 4.69) is 29.2 Å². The Bertz CT molecular complexity index is 992. The molecule has 202 valence electrons. The van der Waals surface area contributed by atoms with E-state index in [1.807, 2.05) is 6.92 Å². The second-order valence-corrected chi connectivity index (χ2v) is 8.89. The summed E-state index contributed by atoms with van der Waals surface area (Å²) in [4.78, 5) is 31.9. The van der Waals surface area contributed by atoms with E-state index in [1.54, 1.807) is 26.0 Å². The van der Waals surface area contributed by atoms with E-state index < -0.39 is 22.1 Å². The average molecular weight is 529 g/mol. The predicted octanol–water partition coefficient (Wildman–Crippen LogP) is 3.04. The van der Waals surface area contributed by atoms with Gasteiger partial charge < -0.3 is 19.3 Å². The lowest BCUT2D eigenvalue weighted by Crippen LogP contribution is -2.14. The number of hydrogen-bond donors (Lipinski definition) is 1. The van der Waals surface area contributed by atoms with Gasteiger partial charge in [0.15, 0.2) is 0 Å². The third kappa shape index (κ3) is 17.2. The molecule has 0 amide bonds. The van der Waals surface area contributed by atoms with Gasteiger partial charge in [0, 0.05) is 29.7 Å². The van der Waals surface area contributed by atoms with Crippen molar-refractivity contribution in [3.63, 3.8) is 0 Å². The summed E-state index contributed by atoms with van der Waals surface area (Å²) >= 11 is 0. The molecule has 1 N–H and O–H groups in total. The van der Waals surface area contributed by atoms with Crippen LogP contribution in [0.5, 0.6) is 0 Å². The van der Waals surface area contributed by atoms with E-state index in [0.717, 1.165) is 5.56 Å². The van der Waals surface area contributed by atoms with Crippen molar-refractivity contribution in [3.05, 3.63) is 66.3 Å². The van der Waals surface area contributed by atoms with Gasteiger partial charge in [-0.15, -0.1) is 0 Å². The number of aliphatic hydroxyl groups is 1. The fourth-order valence-electron chi connectivity index (χ4n) is 1.70. The fraction of sp³-hybridized carbons (Fsp3) is 0.400. The third-order valence-corrected chi connectivity index (χ3v) is 4.96. The summed E-state index contributed by atoms with van der Waals surface area (Å²) < 4.78 is 41.9. The first kappa shape index (κ1) is 34.9. The van der Waals surface area contributed by atoms with Crippen LogP contribution in [-0.4, -0.2) is 65.0 Å². The zero-order chi connectivity index (χ0) is 28.3. The van der Waals surface area contributed by atoms with E-state index in [9.17, 15) is 22.8 Å². The molecule has 0 atom stereocenters. The Kier molecular flexibility index (Phi) is 18.4. The first-order chi connectivity index (χ1) is 16.7. The maximum atomic E-state index is 11.7. The summed E-state index contributed by atoms with van der Waals surface area (Å²) in [6.45, 7) is 16.6. The lowest BCUT2D eigenvalue weighted by atomic mass is 10.2. The maximum Gasteiger partial charge on any atom is 0.333 e. The molecule has 0 saturated heterocycles. The Morgan fingerprint density at radius 2 is 1.25 bits per heavy atom. The number of carbonyl (C=O) groups is 3. The van der Waals surface area contributed by atoms with Gasteiger partial charge in [-0.25, -0.2) is 14.4 Å². The van der Waals surface area contributed by atoms with Crippen molar-refractivity contribution in [3.8, 4) is 0 Å². The minimum Gasteiger partial charge on any atom is -0.466 e. The van der Waals surface area contributed by atoms with Crippen LogP contribution in [0.25, 0.3) is 0 Å². The van der Waals surface area contributed by atoms with Gasteiger partial charge in [0.2, 0.25) is 0 Å². The topological polar surface area (TPSA) is 142 Å².